The Bertz CT molecular complexity index is 358. The number of hydrogen-bond donors (Lipinski definition) is 1. The fraction of sp³-hybridized carbons (Fsp3) is 0.769. The normalized spacial score (nSPS) is 23.5. The molecule has 1 fully saturated rings. The Balaban J connectivity index is 1.86. The summed E-state index contributed by atoms with van der Waals surface area (Å²) >= 11 is 0. The number of likely N-dealkylation sites (tertiary alicyclic amines) is 1. The molecule has 2 rings (SSSR count). The molecular formula is C13H24N4. The van der Waals surface area contributed by atoms with Gasteiger partial charge in [0.2, 0.25) is 0 Å². The van der Waals surface area contributed by atoms with E-state index in [1.165, 1.54) is 19.5 Å². The lowest BCUT2D eigenvalue weighted by molar-refractivity contribution is 0.287. The van der Waals surface area contributed by atoms with Crippen LogP contribution in [0.5, 0.6) is 0 Å². The Morgan fingerprint density at radius 1 is 1.53 bits per heavy atom. The van der Waals surface area contributed by atoms with Crippen molar-refractivity contribution in [1.29, 1.82) is 0 Å². The maximum absolute atomic E-state index is 6.21. The molecule has 0 saturated carbocycles. The lowest BCUT2D eigenvalue weighted by Gasteiger charge is -2.21. The lowest BCUT2D eigenvalue weighted by atomic mass is 9.95. The van der Waals surface area contributed by atoms with Crippen LogP contribution in [0.15, 0.2) is 12.4 Å². The standard InChI is InChI=1S/C13H24N4/c1-10(2)11-4-5-17(8-11)9-13(14)12-6-15-16(3)7-12/h6-7,10-11,13H,4-5,8-9,14H2,1-3H3. The summed E-state index contributed by atoms with van der Waals surface area (Å²) in [5.41, 5.74) is 7.35. The Morgan fingerprint density at radius 2 is 2.29 bits per heavy atom. The lowest BCUT2D eigenvalue weighted by Crippen LogP contribution is -2.30. The minimum atomic E-state index is 0.0922. The van der Waals surface area contributed by atoms with E-state index in [0.717, 1.165) is 23.9 Å². The van der Waals surface area contributed by atoms with Gasteiger partial charge in [-0.05, 0) is 24.8 Å². The van der Waals surface area contributed by atoms with E-state index >= 15 is 0 Å². The molecule has 0 radical (unpaired) electrons. The molecule has 4 heteroatoms. The fourth-order valence-corrected chi connectivity index (χ4v) is 2.59. The summed E-state index contributed by atoms with van der Waals surface area (Å²) in [5.74, 6) is 1.63. The van der Waals surface area contributed by atoms with Gasteiger partial charge in [0.25, 0.3) is 0 Å². The van der Waals surface area contributed by atoms with Gasteiger partial charge in [-0.3, -0.25) is 4.68 Å². The van der Waals surface area contributed by atoms with Gasteiger partial charge < -0.3 is 10.6 Å². The van der Waals surface area contributed by atoms with Gasteiger partial charge in [-0.25, -0.2) is 0 Å². The first-order valence-electron chi connectivity index (χ1n) is 6.52. The van der Waals surface area contributed by atoms with Crippen LogP contribution >= 0.6 is 0 Å². The van der Waals surface area contributed by atoms with Gasteiger partial charge >= 0.3 is 0 Å². The zero-order chi connectivity index (χ0) is 12.4. The van der Waals surface area contributed by atoms with Crippen molar-refractivity contribution in [3.63, 3.8) is 0 Å². The van der Waals surface area contributed by atoms with E-state index in [2.05, 4.69) is 23.8 Å². The largest absolute Gasteiger partial charge is 0.323 e. The van der Waals surface area contributed by atoms with E-state index < -0.39 is 0 Å². The van der Waals surface area contributed by atoms with Crippen molar-refractivity contribution in [1.82, 2.24) is 14.7 Å². The summed E-state index contributed by atoms with van der Waals surface area (Å²) in [6.07, 6.45) is 5.21. The summed E-state index contributed by atoms with van der Waals surface area (Å²) in [6.45, 7) is 7.97. The quantitative estimate of drug-likeness (QED) is 0.859. The van der Waals surface area contributed by atoms with Crippen LogP contribution in [0.4, 0.5) is 0 Å². The molecule has 0 bridgehead atoms. The van der Waals surface area contributed by atoms with Gasteiger partial charge in [0.1, 0.15) is 0 Å². The minimum absolute atomic E-state index is 0.0922. The van der Waals surface area contributed by atoms with Gasteiger partial charge in [-0.15, -0.1) is 0 Å². The van der Waals surface area contributed by atoms with Crippen LogP contribution in [0.25, 0.3) is 0 Å². The van der Waals surface area contributed by atoms with E-state index in [-0.39, 0.29) is 6.04 Å². The number of nitrogens with two attached hydrogens (primary N) is 1. The van der Waals surface area contributed by atoms with Crippen LogP contribution in [0.2, 0.25) is 0 Å². The van der Waals surface area contributed by atoms with Gasteiger partial charge in [-0.2, -0.15) is 5.10 Å². The molecule has 0 amide bonds. The minimum Gasteiger partial charge on any atom is -0.323 e. The van der Waals surface area contributed by atoms with Gasteiger partial charge in [-0.1, -0.05) is 13.8 Å². The highest BCUT2D eigenvalue weighted by Gasteiger charge is 2.26. The number of nitrogens with zero attached hydrogens (tertiary/aromatic N) is 3. The van der Waals surface area contributed by atoms with Crippen LogP contribution in [-0.2, 0) is 7.05 Å². The predicted octanol–water partition coefficient (Wildman–Crippen LogP) is 1.40. The van der Waals surface area contributed by atoms with Crippen molar-refractivity contribution in [3.05, 3.63) is 18.0 Å². The van der Waals surface area contributed by atoms with Crippen LogP contribution in [0.3, 0.4) is 0 Å². The average molecular weight is 236 g/mol. The highest BCUT2D eigenvalue weighted by atomic mass is 15.2. The number of rotatable bonds is 4. The van der Waals surface area contributed by atoms with Crippen LogP contribution < -0.4 is 5.73 Å². The highest BCUT2D eigenvalue weighted by molar-refractivity contribution is 5.10. The first-order chi connectivity index (χ1) is 8.06. The second-order valence-electron chi connectivity index (χ2n) is 5.61. The smallest absolute Gasteiger partial charge is 0.0537 e. The molecule has 0 spiro atoms. The molecule has 2 heterocycles. The molecule has 1 aliphatic heterocycles. The third kappa shape index (κ3) is 3.07. The summed E-state index contributed by atoms with van der Waals surface area (Å²) in [5, 5.41) is 4.17. The SMILES string of the molecule is CC(C)C1CCN(CC(N)c2cnn(C)c2)C1. The van der Waals surface area contributed by atoms with E-state index in [9.17, 15) is 0 Å². The fourth-order valence-electron chi connectivity index (χ4n) is 2.59. The molecule has 1 aromatic rings. The molecule has 1 saturated heterocycles. The topological polar surface area (TPSA) is 47.1 Å². The van der Waals surface area contributed by atoms with Crippen molar-refractivity contribution in [3.8, 4) is 0 Å². The van der Waals surface area contributed by atoms with Crippen molar-refractivity contribution in [2.24, 2.45) is 24.6 Å². The van der Waals surface area contributed by atoms with Crippen LogP contribution in [0.1, 0.15) is 31.9 Å². The summed E-state index contributed by atoms with van der Waals surface area (Å²) in [7, 11) is 1.93. The molecule has 4 nitrogen and oxygen atoms in total. The molecule has 1 aromatic heterocycles. The average Bonchev–Trinajstić information content (AvgIpc) is 2.86. The van der Waals surface area contributed by atoms with Gasteiger partial charge in [0, 0.05) is 37.9 Å². The molecule has 2 atom stereocenters. The summed E-state index contributed by atoms with van der Waals surface area (Å²) in [6, 6.07) is 0.0922. The third-order valence-electron chi connectivity index (χ3n) is 3.86. The van der Waals surface area contributed by atoms with Crippen molar-refractivity contribution < 1.29 is 0 Å². The van der Waals surface area contributed by atoms with Crippen LogP contribution in [0, 0.1) is 11.8 Å². The summed E-state index contributed by atoms with van der Waals surface area (Å²) < 4.78 is 1.82. The molecule has 2 unspecified atom stereocenters. The maximum atomic E-state index is 6.21. The first kappa shape index (κ1) is 12.6. The molecule has 1 aliphatic rings. The molecule has 0 aromatic carbocycles. The molecule has 2 N–H and O–H groups in total. The molecule has 17 heavy (non-hydrogen) atoms. The number of hydrogen-bond acceptors (Lipinski definition) is 3. The second-order valence-corrected chi connectivity index (χ2v) is 5.61. The highest BCUT2D eigenvalue weighted by Crippen LogP contribution is 2.24. The second kappa shape index (κ2) is 5.19. The Labute approximate surface area is 104 Å². The number of aromatic nitrogens is 2. The summed E-state index contributed by atoms with van der Waals surface area (Å²) in [4.78, 5) is 2.49. The van der Waals surface area contributed by atoms with Crippen molar-refractivity contribution in [2.75, 3.05) is 19.6 Å². The first-order valence-corrected chi connectivity index (χ1v) is 6.52. The molecule has 96 valence electrons. The van der Waals surface area contributed by atoms with E-state index in [1.807, 2.05) is 24.1 Å². The van der Waals surface area contributed by atoms with Crippen molar-refractivity contribution >= 4 is 0 Å². The Kier molecular flexibility index (Phi) is 3.84. The maximum Gasteiger partial charge on any atom is 0.0537 e. The van der Waals surface area contributed by atoms with Crippen LogP contribution in [-0.4, -0.2) is 34.3 Å². The Morgan fingerprint density at radius 3 is 2.82 bits per heavy atom. The predicted molar refractivity (Wildman–Crippen MR) is 69.5 cm³/mol. The zero-order valence-corrected chi connectivity index (χ0v) is 11.1. The Hall–Kier alpha value is -0.870. The number of aryl methyl sites for hydroxylation is 1. The third-order valence-corrected chi connectivity index (χ3v) is 3.86. The van der Waals surface area contributed by atoms with Crippen molar-refractivity contribution in [2.45, 2.75) is 26.3 Å². The van der Waals surface area contributed by atoms with E-state index in [4.69, 9.17) is 5.73 Å². The zero-order valence-electron chi connectivity index (χ0n) is 11.1. The van der Waals surface area contributed by atoms with E-state index in [1.54, 1.807) is 0 Å². The molecular weight excluding hydrogens is 212 g/mol. The molecule has 0 aliphatic carbocycles. The van der Waals surface area contributed by atoms with E-state index in [0.29, 0.717) is 0 Å². The van der Waals surface area contributed by atoms with Gasteiger partial charge in [0.15, 0.2) is 0 Å². The monoisotopic (exact) mass is 236 g/mol. The van der Waals surface area contributed by atoms with Gasteiger partial charge in [0.05, 0.1) is 6.20 Å².